The molecule has 0 spiro atoms. The lowest BCUT2D eigenvalue weighted by molar-refractivity contribution is 0.155. The van der Waals surface area contributed by atoms with E-state index in [2.05, 4.69) is 6.07 Å². The highest BCUT2D eigenvalue weighted by atomic mass is 16.3. The van der Waals surface area contributed by atoms with Crippen LogP contribution in [-0.4, -0.2) is 9.67 Å². The molecule has 0 aliphatic heterocycles. The topological polar surface area (TPSA) is 42.2 Å². The number of benzene rings is 1. The van der Waals surface area contributed by atoms with E-state index in [0.29, 0.717) is 0 Å². The zero-order valence-corrected chi connectivity index (χ0v) is 11.6. The summed E-state index contributed by atoms with van der Waals surface area (Å²) in [6.07, 6.45) is 1.06. The molecule has 1 aromatic carbocycles. The largest absolute Gasteiger partial charge is 0.387 e. The van der Waals surface area contributed by atoms with Gasteiger partial charge in [0.2, 0.25) is 0 Å². The molecule has 0 saturated carbocycles. The van der Waals surface area contributed by atoms with Crippen molar-refractivity contribution in [3.63, 3.8) is 0 Å². The second kappa shape index (κ2) is 5.41. The summed E-state index contributed by atoms with van der Waals surface area (Å²) >= 11 is 0. The molecule has 2 rings (SSSR count). The fraction of sp³-hybridized carbons (Fsp3) is 0.312. The Morgan fingerprint density at radius 3 is 2.26 bits per heavy atom. The molecule has 1 heterocycles. The van der Waals surface area contributed by atoms with Crippen molar-refractivity contribution in [2.24, 2.45) is 0 Å². The van der Waals surface area contributed by atoms with Crippen LogP contribution in [0.25, 0.3) is 0 Å². The average Bonchev–Trinajstić information content (AvgIpc) is 2.31. The van der Waals surface area contributed by atoms with E-state index in [1.54, 1.807) is 12.3 Å². The Morgan fingerprint density at radius 2 is 1.68 bits per heavy atom. The number of aliphatic hydroxyl groups is 1. The molecular weight excluding hydrogens is 238 g/mol. The van der Waals surface area contributed by atoms with Crippen LogP contribution in [0.5, 0.6) is 0 Å². The van der Waals surface area contributed by atoms with Gasteiger partial charge in [0.05, 0.1) is 12.6 Å². The van der Waals surface area contributed by atoms with E-state index >= 15 is 0 Å². The molecule has 0 fully saturated rings. The van der Waals surface area contributed by atoms with Gasteiger partial charge in [-0.2, -0.15) is 0 Å². The minimum atomic E-state index is -0.668. The first-order valence-corrected chi connectivity index (χ1v) is 6.39. The summed E-state index contributed by atoms with van der Waals surface area (Å²) in [6.45, 7) is 6.16. The third kappa shape index (κ3) is 3.32. The van der Waals surface area contributed by atoms with Crippen molar-refractivity contribution in [1.82, 2.24) is 4.57 Å². The zero-order chi connectivity index (χ0) is 14.0. The molecule has 1 unspecified atom stereocenters. The lowest BCUT2D eigenvalue weighted by atomic mass is 10.0. The quantitative estimate of drug-likeness (QED) is 0.918. The molecule has 0 saturated heterocycles. The number of aliphatic hydroxyl groups excluding tert-OH is 1. The molecule has 3 nitrogen and oxygen atoms in total. The highest BCUT2D eigenvalue weighted by Crippen LogP contribution is 2.18. The Bertz CT molecular complexity index is 623. The van der Waals surface area contributed by atoms with Crippen LogP contribution in [0.3, 0.4) is 0 Å². The van der Waals surface area contributed by atoms with Crippen LogP contribution in [0.1, 0.15) is 28.4 Å². The Balaban J connectivity index is 2.25. The van der Waals surface area contributed by atoms with Gasteiger partial charge in [0.25, 0.3) is 5.56 Å². The summed E-state index contributed by atoms with van der Waals surface area (Å²) in [5.41, 5.74) is 3.94. The Morgan fingerprint density at radius 1 is 1.05 bits per heavy atom. The van der Waals surface area contributed by atoms with Gasteiger partial charge in [-0.1, -0.05) is 29.3 Å². The molecule has 0 amide bonds. The first-order valence-electron chi connectivity index (χ1n) is 6.39. The van der Waals surface area contributed by atoms with Crippen molar-refractivity contribution in [2.45, 2.75) is 33.4 Å². The predicted octanol–water partition coefficient (Wildman–Crippen LogP) is 2.51. The van der Waals surface area contributed by atoms with Crippen LogP contribution >= 0.6 is 0 Å². The molecule has 0 radical (unpaired) electrons. The summed E-state index contributed by atoms with van der Waals surface area (Å²) < 4.78 is 1.54. The van der Waals surface area contributed by atoms with Crippen molar-refractivity contribution in [3.05, 3.63) is 69.1 Å². The number of pyridine rings is 1. The Kier molecular flexibility index (Phi) is 3.86. The van der Waals surface area contributed by atoms with E-state index in [9.17, 15) is 9.90 Å². The molecule has 0 aliphatic rings. The number of hydrogen-bond acceptors (Lipinski definition) is 2. The maximum absolute atomic E-state index is 11.8. The minimum absolute atomic E-state index is 0.0802. The fourth-order valence-corrected chi connectivity index (χ4v) is 2.25. The monoisotopic (exact) mass is 257 g/mol. The number of nitrogens with zero attached hydrogens (tertiary/aromatic N) is 1. The second-order valence-corrected chi connectivity index (χ2v) is 5.13. The van der Waals surface area contributed by atoms with E-state index in [4.69, 9.17) is 0 Å². The van der Waals surface area contributed by atoms with Crippen molar-refractivity contribution < 1.29 is 5.11 Å². The van der Waals surface area contributed by atoms with Gasteiger partial charge < -0.3 is 9.67 Å². The summed E-state index contributed by atoms with van der Waals surface area (Å²) in [6, 6.07) is 9.42. The van der Waals surface area contributed by atoms with Crippen LogP contribution in [0.2, 0.25) is 0 Å². The van der Waals surface area contributed by atoms with Crippen molar-refractivity contribution in [1.29, 1.82) is 0 Å². The van der Waals surface area contributed by atoms with Crippen LogP contribution in [0, 0.1) is 20.8 Å². The highest BCUT2D eigenvalue weighted by molar-refractivity contribution is 5.29. The molecular formula is C16H19NO2. The summed E-state index contributed by atoms with van der Waals surface area (Å²) in [4.78, 5) is 11.8. The molecule has 1 N–H and O–H groups in total. The third-order valence-electron chi connectivity index (χ3n) is 3.15. The summed E-state index contributed by atoms with van der Waals surface area (Å²) in [7, 11) is 0. The first kappa shape index (κ1) is 13.6. The molecule has 1 aromatic heterocycles. The predicted molar refractivity (Wildman–Crippen MR) is 76.3 cm³/mol. The van der Waals surface area contributed by atoms with Gasteiger partial charge in [0.15, 0.2) is 0 Å². The van der Waals surface area contributed by atoms with E-state index in [-0.39, 0.29) is 12.1 Å². The number of aromatic nitrogens is 1. The SMILES string of the molecule is Cc1cc(C)cc(C(O)Cn2ccc(C)cc2=O)c1. The number of hydrogen-bond donors (Lipinski definition) is 1. The molecule has 0 bridgehead atoms. The van der Waals surface area contributed by atoms with E-state index < -0.39 is 6.10 Å². The second-order valence-electron chi connectivity index (χ2n) is 5.13. The van der Waals surface area contributed by atoms with Gasteiger partial charge in [0, 0.05) is 12.3 Å². The van der Waals surface area contributed by atoms with E-state index in [1.165, 1.54) is 4.57 Å². The molecule has 1 atom stereocenters. The minimum Gasteiger partial charge on any atom is -0.387 e. The van der Waals surface area contributed by atoms with Gasteiger partial charge >= 0.3 is 0 Å². The van der Waals surface area contributed by atoms with E-state index in [1.807, 2.05) is 39.0 Å². The molecule has 2 aromatic rings. The molecule has 3 heteroatoms. The number of rotatable bonds is 3. The maximum Gasteiger partial charge on any atom is 0.250 e. The van der Waals surface area contributed by atoms with Gasteiger partial charge in [0.1, 0.15) is 0 Å². The van der Waals surface area contributed by atoms with Gasteiger partial charge in [-0.15, -0.1) is 0 Å². The average molecular weight is 257 g/mol. The number of aryl methyl sites for hydroxylation is 3. The van der Waals surface area contributed by atoms with E-state index in [0.717, 1.165) is 22.3 Å². The van der Waals surface area contributed by atoms with Crippen LogP contribution in [0.4, 0.5) is 0 Å². The van der Waals surface area contributed by atoms with Crippen molar-refractivity contribution in [2.75, 3.05) is 0 Å². The van der Waals surface area contributed by atoms with Crippen molar-refractivity contribution >= 4 is 0 Å². The lowest BCUT2D eigenvalue weighted by Crippen LogP contribution is -2.22. The Labute approximate surface area is 113 Å². The summed E-state index contributed by atoms with van der Waals surface area (Å²) in [5, 5.41) is 10.3. The fourth-order valence-electron chi connectivity index (χ4n) is 2.25. The van der Waals surface area contributed by atoms with Crippen LogP contribution < -0.4 is 5.56 Å². The third-order valence-corrected chi connectivity index (χ3v) is 3.15. The maximum atomic E-state index is 11.8. The van der Waals surface area contributed by atoms with Gasteiger partial charge in [-0.3, -0.25) is 4.79 Å². The zero-order valence-electron chi connectivity index (χ0n) is 11.6. The summed E-state index contributed by atoms with van der Waals surface area (Å²) in [5.74, 6) is 0. The standard InChI is InChI=1S/C16H19NO2/c1-11-4-5-17(16(19)9-11)10-15(18)14-7-12(2)6-13(3)8-14/h4-9,15,18H,10H2,1-3H3. The van der Waals surface area contributed by atoms with Crippen LogP contribution in [-0.2, 0) is 6.54 Å². The smallest absolute Gasteiger partial charge is 0.250 e. The van der Waals surface area contributed by atoms with Crippen molar-refractivity contribution in [3.8, 4) is 0 Å². The Hall–Kier alpha value is -1.87. The van der Waals surface area contributed by atoms with Crippen LogP contribution in [0.15, 0.2) is 41.3 Å². The van der Waals surface area contributed by atoms with Gasteiger partial charge in [-0.05, 0) is 38.0 Å². The molecule has 100 valence electrons. The molecule has 0 aliphatic carbocycles. The first-order chi connectivity index (χ1) is 8.95. The normalized spacial score (nSPS) is 12.4. The molecule has 19 heavy (non-hydrogen) atoms. The highest BCUT2D eigenvalue weighted by Gasteiger charge is 2.10. The lowest BCUT2D eigenvalue weighted by Gasteiger charge is -2.14. The van der Waals surface area contributed by atoms with Gasteiger partial charge in [-0.25, -0.2) is 0 Å².